The third-order valence-corrected chi connectivity index (χ3v) is 3.39. The molecule has 1 aromatic carbocycles. The van der Waals surface area contributed by atoms with Crippen LogP contribution in [0.15, 0.2) is 24.3 Å². The zero-order valence-electron chi connectivity index (χ0n) is 11.4. The summed E-state index contributed by atoms with van der Waals surface area (Å²) in [6, 6.07) is 6.17. The summed E-state index contributed by atoms with van der Waals surface area (Å²) < 4.78 is 43.7. The minimum Gasteiger partial charge on any atom is -0.493 e. The van der Waals surface area contributed by atoms with E-state index in [4.69, 9.17) is 9.84 Å². The molecule has 1 aromatic rings. The molecule has 1 heterocycles. The van der Waals surface area contributed by atoms with Crippen LogP contribution < -0.4 is 4.74 Å². The summed E-state index contributed by atoms with van der Waals surface area (Å²) in [6.07, 6.45) is -4.46. The maximum absolute atomic E-state index is 12.7. The van der Waals surface area contributed by atoms with E-state index in [1.807, 2.05) is 0 Å². The zero-order chi connectivity index (χ0) is 15.6. The molecule has 2 rings (SSSR count). The minimum atomic E-state index is -4.46. The maximum atomic E-state index is 12.7. The van der Waals surface area contributed by atoms with Gasteiger partial charge in [0.2, 0.25) is 0 Å². The molecule has 1 aliphatic heterocycles. The van der Waals surface area contributed by atoms with Gasteiger partial charge in [-0.15, -0.1) is 0 Å². The molecule has 0 aliphatic carbocycles. The second-order valence-electron chi connectivity index (χ2n) is 5.18. The van der Waals surface area contributed by atoms with Crippen LogP contribution in [0.1, 0.15) is 18.5 Å². The second-order valence-corrected chi connectivity index (χ2v) is 5.18. The van der Waals surface area contributed by atoms with Crippen molar-refractivity contribution in [2.24, 2.45) is 5.92 Å². The van der Waals surface area contributed by atoms with E-state index in [1.54, 1.807) is 31.2 Å². The number of alkyl halides is 3. The van der Waals surface area contributed by atoms with Crippen molar-refractivity contribution in [3.8, 4) is 5.75 Å². The van der Waals surface area contributed by atoms with E-state index in [1.165, 1.54) is 0 Å². The molecule has 0 saturated heterocycles. The van der Waals surface area contributed by atoms with Crippen molar-refractivity contribution in [1.29, 1.82) is 0 Å². The number of carboxylic acids is 1. The highest BCUT2D eigenvalue weighted by Crippen LogP contribution is 2.40. The molecule has 0 aromatic heterocycles. The predicted molar refractivity (Wildman–Crippen MR) is 69.1 cm³/mol. The van der Waals surface area contributed by atoms with Crippen LogP contribution in [0.4, 0.5) is 13.2 Å². The van der Waals surface area contributed by atoms with Gasteiger partial charge in [0.25, 0.3) is 0 Å². The molecule has 0 saturated carbocycles. The van der Waals surface area contributed by atoms with Gasteiger partial charge in [0.1, 0.15) is 5.75 Å². The average molecular weight is 303 g/mol. The van der Waals surface area contributed by atoms with Gasteiger partial charge in [0, 0.05) is 17.5 Å². The molecular formula is C14H16F3NO3. The molecule has 7 heteroatoms. The van der Waals surface area contributed by atoms with Crippen molar-refractivity contribution in [3.05, 3.63) is 29.8 Å². The normalized spacial score (nSPS) is 21.8. The lowest BCUT2D eigenvalue weighted by Crippen LogP contribution is -2.45. The molecule has 0 bridgehead atoms. The largest absolute Gasteiger partial charge is 0.493 e. The van der Waals surface area contributed by atoms with Crippen LogP contribution in [0.2, 0.25) is 0 Å². The summed E-state index contributed by atoms with van der Waals surface area (Å²) in [4.78, 5) is 11.9. The van der Waals surface area contributed by atoms with Crippen molar-refractivity contribution in [1.82, 2.24) is 4.90 Å². The van der Waals surface area contributed by atoms with E-state index < -0.39 is 31.3 Å². The number of fused-ring (bicyclic) bond motifs is 1. The molecule has 116 valence electrons. The van der Waals surface area contributed by atoms with Gasteiger partial charge in [-0.05, 0) is 6.07 Å². The van der Waals surface area contributed by atoms with Gasteiger partial charge in [-0.2, -0.15) is 13.2 Å². The monoisotopic (exact) mass is 303 g/mol. The first-order valence-electron chi connectivity index (χ1n) is 6.52. The fourth-order valence-electron chi connectivity index (χ4n) is 2.69. The number of halogens is 3. The van der Waals surface area contributed by atoms with Gasteiger partial charge in [-0.3, -0.25) is 9.69 Å². The van der Waals surface area contributed by atoms with Crippen LogP contribution in [0.5, 0.6) is 5.75 Å². The molecule has 0 amide bonds. The number of carbonyl (C=O) groups is 1. The number of ether oxygens (including phenoxy) is 1. The van der Waals surface area contributed by atoms with Crippen LogP contribution in [0.25, 0.3) is 0 Å². The number of para-hydroxylation sites is 1. The molecule has 21 heavy (non-hydrogen) atoms. The highest BCUT2D eigenvalue weighted by Gasteiger charge is 2.39. The van der Waals surface area contributed by atoms with Crippen LogP contribution >= 0.6 is 0 Å². The highest BCUT2D eigenvalue weighted by atomic mass is 19.4. The first-order valence-corrected chi connectivity index (χ1v) is 6.52. The minimum absolute atomic E-state index is 0.235. The van der Waals surface area contributed by atoms with Gasteiger partial charge in [-0.25, -0.2) is 0 Å². The zero-order valence-corrected chi connectivity index (χ0v) is 11.4. The van der Waals surface area contributed by atoms with E-state index in [2.05, 4.69) is 0 Å². The van der Waals surface area contributed by atoms with Gasteiger partial charge >= 0.3 is 12.1 Å². The van der Waals surface area contributed by atoms with Gasteiger partial charge in [0.05, 0.1) is 19.7 Å². The van der Waals surface area contributed by atoms with E-state index in [0.717, 1.165) is 4.90 Å². The SMILES string of the molecule is CC1COc2ccccc2C1N(CC(=O)O)CC(F)(F)F. The van der Waals surface area contributed by atoms with Crippen LogP contribution in [0, 0.1) is 5.92 Å². The Bertz CT molecular complexity index is 518. The first-order chi connectivity index (χ1) is 9.78. The van der Waals surface area contributed by atoms with Crippen LogP contribution in [-0.2, 0) is 4.79 Å². The van der Waals surface area contributed by atoms with Crippen molar-refractivity contribution in [2.45, 2.75) is 19.1 Å². The number of carboxylic acid groups (broad SMARTS) is 1. The van der Waals surface area contributed by atoms with Crippen LogP contribution in [-0.4, -0.2) is 41.8 Å². The van der Waals surface area contributed by atoms with Gasteiger partial charge in [-0.1, -0.05) is 25.1 Å². The Kier molecular flexibility index (Phi) is 4.41. The third-order valence-electron chi connectivity index (χ3n) is 3.39. The lowest BCUT2D eigenvalue weighted by Gasteiger charge is -2.39. The number of aliphatic carboxylic acids is 1. The fraction of sp³-hybridized carbons (Fsp3) is 0.500. The first kappa shape index (κ1) is 15.6. The van der Waals surface area contributed by atoms with Crippen molar-refractivity contribution in [3.63, 3.8) is 0 Å². The maximum Gasteiger partial charge on any atom is 0.401 e. The Balaban J connectivity index is 2.35. The summed E-state index contributed by atoms with van der Waals surface area (Å²) in [6.45, 7) is 0.0903. The Morgan fingerprint density at radius 1 is 1.43 bits per heavy atom. The topological polar surface area (TPSA) is 49.8 Å². The second kappa shape index (κ2) is 5.93. The number of hydrogen-bond acceptors (Lipinski definition) is 3. The van der Waals surface area contributed by atoms with Gasteiger partial charge in [0.15, 0.2) is 0 Å². The van der Waals surface area contributed by atoms with E-state index in [9.17, 15) is 18.0 Å². The quantitative estimate of drug-likeness (QED) is 0.929. The van der Waals surface area contributed by atoms with E-state index in [-0.39, 0.29) is 12.5 Å². The lowest BCUT2D eigenvalue weighted by atomic mass is 9.90. The number of rotatable bonds is 4. The summed E-state index contributed by atoms with van der Waals surface area (Å²) in [5, 5.41) is 8.91. The smallest absolute Gasteiger partial charge is 0.401 e. The lowest BCUT2D eigenvalue weighted by molar-refractivity contribution is -0.161. The molecule has 1 N–H and O–H groups in total. The highest BCUT2D eigenvalue weighted by molar-refractivity contribution is 5.69. The summed E-state index contributed by atoms with van der Waals surface area (Å²) in [7, 11) is 0. The summed E-state index contributed by atoms with van der Waals surface area (Å²) in [5.74, 6) is -1.00. The molecule has 2 atom stereocenters. The summed E-state index contributed by atoms with van der Waals surface area (Å²) >= 11 is 0. The predicted octanol–water partition coefficient (Wildman–Crippen LogP) is 2.71. The summed E-state index contributed by atoms with van der Waals surface area (Å²) in [5.41, 5.74) is 0.599. The van der Waals surface area contributed by atoms with Crippen LogP contribution in [0.3, 0.4) is 0 Å². The molecule has 0 spiro atoms. The molecular weight excluding hydrogens is 287 g/mol. The Morgan fingerprint density at radius 2 is 2.10 bits per heavy atom. The molecule has 2 unspecified atom stereocenters. The van der Waals surface area contributed by atoms with Gasteiger partial charge < -0.3 is 9.84 Å². The Labute approximate surface area is 120 Å². The van der Waals surface area contributed by atoms with Crippen molar-refractivity contribution < 1.29 is 27.8 Å². The third kappa shape index (κ3) is 3.87. The number of nitrogens with zero attached hydrogens (tertiary/aromatic N) is 1. The Morgan fingerprint density at radius 3 is 2.71 bits per heavy atom. The average Bonchev–Trinajstić information content (AvgIpc) is 2.35. The van der Waals surface area contributed by atoms with E-state index in [0.29, 0.717) is 11.3 Å². The Hall–Kier alpha value is -1.76. The van der Waals surface area contributed by atoms with Crippen molar-refractivity contribution in [2.75, 3.05) is 19.7 Å². The standard InChI is InChI=1S/C14H16F3NO3/c1-9-7-21-11-5-3-2-4-10(11)13(9)18(6-12(19)20)8-14(15,16)17/h2-5,9,13H,6-8H2,1H3,(H,19,20). The van der Waals surface area contributed by atoms with E-state index >= 15 is 0 Å². The molecule has 0 fully saturated rings. The molecule has 4 nitrogen and oxygen atoms in total. The van der Waals surface area contributed by atoms with Crippen molar-refractivity contribution >= 4 is 5.97 Å². The molecule has 0 radical (unpaired) electrons. The fourth-order valence-corrected chi connectivity index (χ4v) is 2.69. The molecule has 1 aliphatic rings. The number of hydrogen-bond donors (Lipinski definition) is 1. The number of benzene rings is 1.